The van der Waals surface area contributed by atoms with Gasteiger partial charge in [0.1, 0.15) is 24.7 Å². The van der Waals surface area contributed by atoms with Gasteiger partial charge in [0.15, 0.2) is 0 Å². The first-order valence-electron chi connectivity index (χ1n) is 12.1. The number of ether oxygens (including phenoxy) is 2. The van der Waals surface area contributed by atoms with E-state index in [1.807, 2.05) is 66.7 Å². The summed E-state index contributed by atoms with van der Waals surface area (Å²) < 4.78 is 12.9. The smallest absolute Gasteiger partial charge is 0.271 e. The predicted octanol–water partition coefficient (Wildman–Crippen LogP) is 7.52. The van der Waals surface area contributed by atoms with Gasteiger partial charge < -0.3 is 9.47 Å². The van der Waals surface area contributed by atoms with Crippen molar-refractivity contribution in [2.24, 2.45) is 5.10 Å². The van der Waals surface area contributed by atoms with E-state index >= 15 is 0 Å². The average Bonchev–Trinajstić information content (AvgIpc) is 2.96. The lowest BCUT2D eigenvalue weighted by molar-refractivity contribution is 0.0955. The quantitative estimate of drug-likeness (QED) is 0.149. The monoisotopic (exact) mass is 564 g/mol. The Bertz CT molecular complexity index is 1560. The van der Waals surface area contributed by atoms with E-state index in [0.29, 0.717) is 24.5 Å². The number of fused-ring (bicyclic) bond motifs is 1. The van der Waals surface area contributed by atoms with Crippen LogP contribution in [0.4, 0.5) is 0 Å². The van der Waals surface area contributed by atoms with E-state index in [1.54, 1.807) is 30.5 Å². The molecule has 1 amide bonds. The molecule has 0 fully saturated rings. The first kappa shape index (κ1) is 25.2. The van der Waals surface area contributed by atoms with Crippen molar-refractivity contribution in [3.8, 4) is 11.5 Å². The molecule has 0 radical (unpaired) electrons. The molecule has 0 saturated carbocycles. The van der Waals surface area contributed by atoms with Gasteiger partial charge >= 0.3 is 0 Å². The van der Waals surface area contributed by atoms with Gasteiger partial charge in [-0.3, -0.25) is 4.79 Å². The van der Waals surface area contributed by atoms with E-state index in [9.17, 15) is 4.79 Å². The highest BCUT2D eigenvalue weighted by Gasteiger charge is 2.06. The van der Waals surface area contributed by atoms with Crippen molar-refractivity contribution in [1.29, 1.82) is 0 Å². The summed E-state index contributed by atoms with van der Waals surface area (Å²) in [6.45, 7) is 0.912. The molecule has 0 aromatic heterocycles. The second-order valence-electron chi connectivity index (χ2n) is 8.64. The predicted molar refractivity (Wildman–Crippen MR) is 155 cm³/mol. The standard InChI is InChI=1S/C32H25BrN2O3/c33-28-15-11-23(12-16-28)21-37-29-17-13-26(14-18-29)32(36)35-34-20-24-5-3-9-30(19-24)38-22-27-8-4-7-25-6-1-2-10-31(25)27/h1-20H,21-22H2,(H,35,36)/b34-20-. The summed E-state index contributed by atoms with van der Waals surface area (Å²) in [4.78, 5) is 12.5. The average molecular weight is 565 g/mol. The molecule has 5 rings (SSSR count). The molecule has 1 N–H and O–H groups in total. The molecule has 5 aromatic rings. The van der Waals surface area contributed by atoms with Gasteiger partial charge in [0.2, 0.25) is 0 Å². The Labute approximate surface area is 229 Å². The molecule has 6 heteroatoms. The lowest BCUT2D eigenvalue weighted by Crippen LogP contribution is -2.17. The highest BCUT2D eigenvalue weighted by Crippen LogP contribution is 2.21. The van der Waals surface area contributed by atoms with Crippen LogP contribution in [-0.4, -0.2) is 12.1 Å². The first-order valence-corrected chi connectivity index (χ1v) is 12.9. The van der Waals surface area contributed by atoms with Crippen LogP contribution in [-0.2, 0) is 13.2 Å². The van der Waals surface area contributed by atoms with Crippen molar-refractivity contribution in [1.82, 2.24) is 5.43 Å². The highest BCUT2D eigenvalue weighted by atomic mass is 79.9. The van der Waals surface area contributed by atoms with E-state index in [2.05, 4.69) is 50.7 Å². The van der Waals surface area contributed by atoms with Gasteiger partial charge in [-0.15, -0.1) is 0 Å². The van der Waals surface area contributed by atoms with Crippen molar-refractivity contribution >= 4 is 38.8 Å². The van der Waals surface area contributed by atoms with Crippen LogP contribution in [0.5, 0.6) is 11.5 Å². The fourth-order valence-corrected chi connectivity index (χ4v) is 4.21. The summed E-state index contributed by atoms with van der Waals surface area (Å²) in [5, 5.41) is 6.48. The van der Waals surface area contributed by atoms with Crippen LogP contribution in [0.3, 0.4) is 0 Å². The number of halogens is 1. The third-order valence-corrected chi connectivity index (χ3v) is 6.48. The summed E-state index contributed by atoms with van der Waals surface area (Å²) in [5.74, 6) is 1.12. The molecule has 0 unspecified atom stereocenters. The van der Waals surface area contributed by atoms with Gasteiger partial charge in [-0.2, -0.15) is 5.10 Å². The maximum atomic E-state index is 12.5. The van der Waals surface area contributed by atoms with Crippen molar-refractivity contribution in [2.75, 3.05) is 0 Å². The molecule has 0 heterocycles. The van der Waals surface area contributed by atoms with Crippen molar-refractivity contribution in [2.45, 2.75) is 13.2 Å². The zero-order valence-electron chi connectivity index (χ0n) is 20.5. The Hall–Kier alpha value is -4.42. The highest BCUT2D eigenvalue weighted by molar-refractivity contribution is 9.10. The van der Waals surface area contributed by atoms with Crippen LogP contribution >= 0.6 is 15.9 Å². The van der Waals surface area contributed by atoms with Gasteiger partial charge in [0.25, 0.3) is 5.91 Å². The number of hydrogen-bond acceptors (Lipinski definition) is 4. The molecule has 0 aliphatic rings. The number of nitrogens with one attached hydrogen (secondary N) is 1. The first-order chi connectivity index (χ1) is 18.6. The molecule has 0 aliphatic carbocycles. The van der Waals surface area contributed by atoms with Crippen LogP contribution in [0.15, 0.2) is 125 Å². The maximum absolute atomic E-state index is 12.5. The Morgan fingerprint density at radius 2 is 1.50 bits per heavy atom. The van der Waals surface area contributed by atoms with Crippen molar-refractivity contribution in [3.05, 3.63) is 142 Å². The van der Waals surface area contributed by atoms with Gasteiger partial charge in [-0.25, -0.2) is 5.43 Å². The number of carbonyl (C=O) groups excluding carboxylic acids is 1. The summed E-state index contributed by atoms with van der Waals surface area (Å²) in [6.07, 6.45) is 1.60. The van der Waals surface area contributed by atoms with Crippen LogP contribution in [0.2, 0.25) is 0 Å². The zero-order valence-corrected chi connectivity index (χ0v) is 22.1. The van der Waals surface area contributed by atoms with Gasteiger partial charge in [0, 0.05) is 10.0 Å². The summed E-state index contributed by atoms with van der Waals surface area (Å²) in [6, 6.07) is 37.0. The third-order valence-electron chi connectivity index (χ3n) is 5.95. The SMILES string of the molecule is O=C(N/N=C\c1cccc(OCc2cccc3ccccc23)c1)c1ccc(OCc2ccc(Br)cc2)cc1. The van der Waals surface area contributed by atoms with Crippen LogP contribution in [0.25, 0.3) is 10.8 Å². The summed E-state index contributed by atoms with van der Waals surface area (Å²) in [5.41, 5.74) is 6.07. The summed E-state index contributed by atoms with van der Waals surface area (Å²) >= 11 is 3.42. The van der Waals surface area contributed by atoms with Crippen molar-refractivity contribution in [3.63, 3.8) is 0 Å². The maximum Gasteiger partial charge on any atom is 0.271 e. The van der Waals surface area contributed by atoms with E-state index in [1.165, 1.54) is 10.8 Å². The number of amides is 1. The van der Waals surface area contributed by atoms with Crippen molar-refractivity contribution < 1.29 is 14.3 Å². The van der Waals surface area contributed by atoms with Gasteiger partial charge in [-0.1, -0.05) is 82.7 Å². The molecule has 0 bridgehead atoms. The van der Waals surface area contributed by atoms with E-state index in [-0.39, 0.29) is 5.91 Å². The molecule has 0 aliphatic heterocycles. The van der Waals surface area contributed by atoms with E-state index < -0.39 is 0 Å². The number of hydrazone groups is 1. The minimum atomic E-state index is -0.302. The molecule has 188 valence electrons. The Morgan fingerprint density at radius 3 is 2.34 bits per heavy atom. The number of nitrogens with zero attached hydrogens (tertiary/aromatic N) is 1. The largest absolute Gasteiger partial charge is 0.489 e. The second kappa shape index (κ2) is 12.2. The van der Waals surface area contributed by atoms with Gasteiger partial charge in [0.05, 0.1) is 6.21 Å². The Morgan fingerprint density at radius 1 is 0.763 bits per heavy atom. The molecule has 0 saturated heterocycles. The summed E-state index contributed by atoms with van der Waals surface area (Å²) in [7, 11) is 0. The fourth-order valence-electron chi connectivity index (χ4n) is 3.94. The number of carbonyl (C=O) groups is 1. The minimum Gasteiger partial charge on any atom is -0.489 e. The molecular formula is C32H25BrN2O3. The van der Waals surface area contributed by atoms with Crippen LogP contribution in [0, 0.1) is 0 Å². The normalized spacial score (nSPS) is 11.0. The van der Waals surface area contributed by atoms with Gasteiger partial charge in [-0.05, 0) is 76.0 Å². The molecule has 0 atom stereocenters. The lowest BCUT2D eigenvalue weighted by Gasteiger charge is -2.09. The van der Waals surface area contributed by atoms with Crippen LogP contribution < -0.4 is 14.9 Å². The second-order valence-corrected chi connectivity index (χ2v) is 9.55. The molecule has 5 nitrogen and oxygen atoms in total. The topological polar surface area (TPSA) is 59.9 Å². The van der Waals surface area contributed by atoms with Crippen LogP contribution in [0.1, 0.15) is 27.0 Å². The van der Waals surface area contributed by atoms with E-state index in [0.717, 1.165) is 26.9 Å². The molecule has 5 aromatic carbocycles. The minimum absolute atomic E-state index is 0.302. The Balaban J connectivity index is 1.13. The number of hydrogen-bond donors (Lipinski definition) is 1. The number of benzene rings is 5. The fraction of sp³-hybridized carbons (Fsp3) is 0.0625. The Kier molecular flexibility index (Phi) is 8.11. The molecule has 0 spiro atoms. The third kappa shape index (κ3) is 6.66. The zero-order chi connectivity index (χ0) is 26.2. The lowest BCUT2D eigenvalue weighted by atomic mass is 10.1. The van der Waals surface area contributed by atoms with E-state index in [4.69, 9.17) is 9.47 Å². The molecule has 38 heavy (non-hydrogen) atoms. The number of rotatable bonds is 9. The molecular weight excluding hydrogens is 540 g/mol.